The first kappa shape index (κ1) is 13.0. The van der Waals surface area contributed by atoms with Crippen LogP contribution >= 0.6 is 11.3 Å². The molecule has 0 fully saturated rings. The van der Waals surface area contributed by atoms with E-state index in [4.69, 9.17) is 5.11 Å². The number of carboxylic acid groups (broad SMARTS) is 1. The van der Waals surface area contributed by atoms with Crippen molar-refractivity contribution in [3.8, 4) is 0 Å². The second kappa shape index (κ2) is 5.49. The van der Waals surface area contributed by atoms with Crippen molar-refractivity contribution in [2.24, 2.45) is 0 Å². The third-order valence-electron chi connectivity index (χ3n) is 2.25. The van der Waals surface area contributed by atoms with Crippen molar-refractivity contribution < 1.29 is 19.2 Å². The number of aliphatic carboxylic acids is 1. The number of carboxylic acids is 1. The number of nitrogens with zero attached hydrogens (tertiary/aromatic N) is 1. The van der Waals surface area contributed by atoms with E-state index in [2.05, 4.69) is 15.0 Å². The highest BCUT2D eigenvalue weighted by Crippen LogP contribution is 2.24. The first-order valence-electron chi connectivity index (χ1n) is 5.28. The number of aromatic nitrogens is 1. The summed E-state index contributed by atoms with van der Waals surface area (Å²) in [5.74, 6) is -1.31. The van der Waals surface area contributed by atoms with Crippen molar-refractivity contribution >= 4 is 35.0 Å². The lowest BCUT2D eigenvalue weighted by Gasteiger charge is -1.96. The van der Waals surface area contributed by atoms with E-state index in [1.807, 2.05) is 6.92 Å². The minimum atomic E-state index is -1.02. The van der Waals surface area contributed by atoms with Crippen LogP contribution in [0.5, 0.6) is 0 Å². The first-order valence-corrected chi connectivity index (χ1v) is 6.10. The maximum absolute atomic E-state index is 11.9. The summed E-state index contributed by atoms with van der Waals surface area (Å²) in [5.41, 5.74) is 1.32. The molecule has 7 heteroatoms. The van der Waals surface area contributed by atoms with Gasteiger partial charge >= 0.3 is 5.97 Å². The number of hydrogen-bond donors (Lipinski definition) is 2. The van der Waals surface area contributed by atoms with Crippen molar-refractivity contribution in [3.63, 3.8) is 0 Å². The first-order chi connectivity index (χ1) is 9.06. The van der Waals surface area contributed by atoms with Gasteiger partial charge in [-0.15, -0.1) is 11.3 Å². The Kier molecular flexibility index (Phi) is 3.76. The predicted molar refractivity (Wildman–Crippen MR) is 70.2 cm³/mol. The van der Waals surface area contributed by atoms with Crippen molar-refractivity contribution in [1.29, 1.82) is 0 Å². The second-order valence-corrected chi connectivity index (χ2v) is 4.78. The Morgan fingerprint density at radius 2 is 2.32 bits per heavy atom. The van der Waals surface area contributed by atoms with Gasteiger partial charge in [0, 0.05) is 11.0 Å². The summed E-state index contributed by atoms with van der Waals surface area (Å²) in [4.78, 5) is 23.6. The van der Waals surface area contributed by atoms with Crippen molar-refractivity contribution in [1.82, 2.24) is 5.16 Å². The molecule has 0 aromatic carbocycles. The van der Waals surface area contributed by atoms with E-state index in [9.17, 15) is 9.59 Å². The van der Waals surface area contributed by atoms with Gasteiger partial charge in [0.05, 0.1) is 11.1 Å². The number of thiophene rings is 1. The maximum atomic E-state index is 11.9. The van der Waals surface area contributed by atoms with Gasteiger partial charge in [-0.2, -0.15) is 0 Å². The van der Waals surface area contributed by atoms with E-state index < -0.39 is 5.97 Å². The normalized spacial score (nSPS) is 10.8. The molecule has 0 radical (unpaired) electrons. The van der Waals surface area contributed by atoms with Gasteiger partial charge in [-0.1, -0.05) is 5.16 Å². The Labute approximate surface area is 112 Å². The van der Waals surface area contributed by atoms with Crippen LogP contribution in [-0.4, -0.2) is 22.1 Å². The number of anilines is 1. The SMILES string of the molecule is Cc1cc(C(=O)Nc2cnoc2)sc1C=CC(=O)O. The van der Waals surface area contributed by atoms with E-state index in [1.165, 1.54) is 29.9 Å². The molecule has 0 aliphatic carbocycles. The van der Waals surface area contributed by atoms with Gasteiger partial charge in [0.2, 0.25) is 0 Å². The monoisotopic (exact) mass is 278 g/mol. The zero-order valence-electron chi connectivity index (χ0n) is 9.91. The number of carbonyl (C=O) groups excluding carboxylic acids is 1. The highest BCUT2D eigenvalue weighted by molar-refractivity contribution is 7.15. The van der Waals surface area contributed by atoms with Crippen molar-refractivity contribution in [2.45, 2.75) is 6.92 Å². The topological polar surface area (TPSA) is 92.4 Å². The summed E-state index contributed by atoms with van der Waals surface area (Å²) in [7, 11) is 0. The van der Waals surface area contributed by atoms with Gasteiger partial charge in [0.15, 0.2) is 0 Å². The third kappa shape index (κ3) is 3.29. The molecule has 0 bridgehead atoms. The Morgan fingerprint density at radius 1 is 1.53 bits per heavy atom. The quantitative estimate of drug-likeness (QED) is 0.838. The highest BCUT2D eigenvalue weighted by atomic mass is 32.1. The number of rotatable bonds is 4. The van der Waals surface area contributed by atoms with Gasteiger partial charge in [-0.05, 0) is 24.6 Å². The average molecular weight is 278 g/mol. The molecule has 1 amide bonds. The Hall–Kier alpha value is -2.41. The molecule has 2 aromatic rings. The second-order valence-electron chi connectivity index (χ2n) is 3.70. The van der Waals surface area contributed by atoms with Crippen LogP contribution in [0.2, 0.25) is 0 Å². The number of hydrogen-bond acceptors (Lipinski definition) is 5. The Balaban J connectivity index is 2.15. The van der Waals surface area contributed by atoms with Gasteiger partial charge < -0.3 is 14.9 Å². The summed E-state index contributed by atoms with van der Waals surface area (Å²) in [5, 5.41) is 14.7. The lowest BCUT2D eigenvalue weighted by Crippen LogP contribution is -2.09. The summed E-state index contributed by atoms with van der Waals surface area (Å²) in [6, 6.07) is 1.70. The van der Waals surface area contributed by atoms with Crippen molar-refractivity contribution in [3.05, 3.63) is 39.9 Å². The Morgan fingerprint density at radius 3 is 2.95 bits per heavy atom. The van der Waals surface area contributed by atoms with E-state index in [1.54, 1.807) is 6.07 Å². The minimum absolute atomic E-state index is 0.286. The molecular formula is C12H10N2O4S. The van der Waals surface area contributed by atoms with Crippen LogP contribution in [-0.2, 0) is 4.79 Å². The fourth-order valence-electron chi connectivity index (χ4n) is 1.38. The summed E-state index contributed by atoms with van der Waals surface area (Å²) in [6.07, 6.45) is 5.23. The molecule has 0 atom stereocenters. The van der Waals surface area contributed by atoms with Crippen LogP contribution in [0.15, 0.2) is 29.1 Å². The number of aryl methyl sites for hydroxylation is 1. The molecule has 2 rings (SSSR count). The Bertz CT molecular complexity index is 628. The smallest absolute Gasteiger partial charge is 0.328 e. The zero-order chi connectivity index (χ0) is 13.8. The molecule has 0 spiro atoms. The molecule has 2 heterocycles. The summed E-state index contributed by atoms with van der Waals surface area (Å²) < 4.78 is 4.61. The molecule has 19 heavy (non-hydrogen) atoms. The standard InChI is InChI=1S/C12H10N2O4S/c1-7-4-10(19-9(7)2-3-11(15)16)12(17)14-8-5-13-18-6-8/h2-6H,1H3,(H,14,17)(H,15,16). The average Bonchev–Trinajstić information content (AvgIpc) is 2.96. The highest BCUT2D eigenvalue weighted by Gasteiger charge is 2.12. The fourth-order valence-corrected chi connectivity index (χ4v) is 2.35. The predicted octanol–water partition coefficient (Wildman–Crippen LogP) is 2.39. The molecule has 0 aliphatic heterocycles. The third-order valence-corrected chi connectivity index (χ3v) is 3.45. The molecule has 0 unspecified atom stereocenters. The lowest BCUT2D eigenvalue weighted by molar-refractivity contribution is -0.131. The van der Waals surface area contributed by atoms with Crippen LogP contribution in [0.25, 0.3) is 6.08 Å². The van der Waals surface area contributed by atoms with Gasteiger partial charge in [-0.25, -0.2) is 4.79 Å². The molecule has 98 valence electrons. The lowest BCUT2D eigenvalue weighted by atomic mass is 10.2. The molecule has 0 saturated heterocycles. The van der Waals surface area contributed by atoms with Crippen LogP contribution in [0.3, 0.4) is 0 Å². The summed E-state index contributed by atoms with van der Waals surface area (Å²) in [6.45, 7) is 1.81. The van der Waals surface area contributed by atoms with E-state index in [0.29, 0.717) is 10.6 Å². The van der Waals surface area contributed by atoms with Crippen LogP contribution in [0.4, 0.5) is 5.69 Å². The van der Waals surface area contributed by atoms with Gasteiger partial charge in [-0.3, -0.25) is 4.79 Å². The molecule has 0 aliphatic rings. The van der Waals surface area contributed by atoms with Crippen LogP contribution < -0.4 is 5.32 Å². The molecule has 6 nitrogen and oxygen atoms in total. The van der Waals surface area contributed by atoms with Crippen LogP contribution in [0, 0.1) is 6.92 Å². The van der Waals surface area contributed by atoms with Gasteiger partial charge in [0.25, 0.3) is 5.91 Å². The number of nitrogens with one attached hydrogen (secondary N) is 1. The minimum Gasteiger partial charge on any atom is -0.478 e. The van der Waals surface area contributed by atoms with Crippen molar-refractivity contribution in [2.75, 3.05) is 5.32 Å². The van der Waals surface area contributed by atoms with E-state index >= 15 is 0 Å². The largest absolute Gasteiger partial charge is 0.478 e. The van der Waals surface area contributed by atoms with Gasteiger partial charge in [0.1, 0.15) is 12.0 Å². The molecule has 2 aromatic heterocycles. The number of carbonyl (C=O) groups is 2. The molecule has 2 N–H and O–H groups in total. The van der Waals surface area contributed by atoms with Crippen LogP contribution in [0.1, 0.15) is 20.1 Å². The van der Waals surface area contributed by atoms with E-state index in [0.717, 1.165) is 16.5 Å². The fraction of sp³-hybridized carbons (Fsp3) is 0.0833. The summed E-state index contributed by atoms with van der Waals surface area (Å²) >= 11 is 1.22. The molecular weight excluding hydrogens is 268 g/mol. The number of amides is 1. The van der Waals surface area contributed by atoms with E-state index in [-0.39, 0.29) is 5.91 Å². The maximum Gasteiger partial charge on any atom is 0.328 e. The molecule has 0 saturated carbocycles. The zero-order valence-corrected chi connectivity index (χ0v) is 10.7.